The lowest BCUT2D eigenvalue weighted by molar-refractivity contribution is -0.119. The molecule has 6 nitrogen and oxygen atoms in total. The van der Waals surface area contributed by atoms with E-state index in [4.69, 9.17) is 28.4 Å². The molecule has 408 valence electrons. The third-order valence-corrected chi connectivity index (χ3v) is 18.1. The van der Waals surface area contributed by atoms with E-state index in [2.05, 4.69) is 41.5 Å². The predicted molar refractivity (Wildman–Crippen MR) is 307 cm³/mol. The lowest BCUT2D eigenvalue weighted by Crippen LogP contribution is -2.47. The summed E-state index contributed by atoms with van der Waals surface area (Å²) in [6.07, 6.45) is 4.73. The number of rotatable bonds is 24. The van der Waals surface area contributed by atoms with Crippen LogP contribution in [0.2, 0.25) is 0 Å². The van der Waals surface area contributed by atoms with Crippen molar-refractivity contribution in [1.82, 2.24) is 0 Å². The highest BCUT2D eigenvalue weighted by atomic mass is 127. The van der Waals surface area contributed by atoms with Crippen LogP contribution in [0.15, 0.2) is 109 Å². The molecule has 6 aromatic rings. The van der Waals surface area contributed by atoms with E-state index < -0.39 is 32.1 Å². The maximum atomic E-state index is 17.5. The van der Waals surface area contributed by atoms with Crippen molar-refractivity contribution in [2.75, 3.05) is 66.6 Å². The molecule has 2 heterocycles. The minimum absolute atomic E-state index is 0.107. The SMILES string of the molecule is CCCOCCOCCOc1ccc(-c2cc3c(s2)C(c2ccc(C(C)(C)C)cc2)(c2ccc(C(C)(C)C)cc2)c2sc(-c4ccc(OCCCCCCOCCOC)cc4)cc2C2=C3C(F)(F)C(F)(I)C2(F)F)cc1. The first kappa shape index (κ1) is 58.0. The van der Waals surface area contributed by atoms with E-state index in [1.807, 2.05) is 91.9 Å². The van der Waals surface area contributed by atoms with Gasteiger partial charge in [0.1, 0.15) is 18.1 Å². The van der Waals surface area contributed by atoms with Gasteiger partial charge in [-0.05, 0) is 153 Å². The smallest absolute Gasteiger partial charge is 0.323 e. The number of allylic oxidation sites excluding steroid dienone is 2. The van der Waals surface area contributed by atoms with E-state index in [1.54, 1.807) is 31.4 Å². The van der Waals surface area contributed by atoms with Gasteiger partial charge in [-0.15, -0.1) is 22.7 Å². The van der Waals surface area contributed by atoms with E-state index >= 15 is 22.0 Å². The van der Waals surface area contributed by atoms with Crippen molar-refractivity contribution in [2.45, 2.75) is 112 Å². The molecule has 1 atom stereocenters. The Morgan fingerprint density at radius 2 is 0.868 bits per heavy atom. The molecule has 0 aliphatic heterocycles. The summed E-state index contributed by atoms with van der Waals surface area (Å²) in [6.45, 7) is 19.4. The first-order valence-corrected chi connectivity index (χ1v) is 29.0. The lowest BCUT2D eigenvalue weighted by atomic mass is 9.69. The monoisotopic (exact) mass is 1200 g/mol. The van der Waals surface area contributed by atoms with Gasteiger partial charge in [0.15, 0.2) is 0 Å². The summed E-state index contributed by atoms with van der Waals surface area (Å²) in [7, 11) is 1.65. The van der Waals surface area contributed by atoms with Gasteiger partial charge >= 0.3 is 11.8 Å². The molecule has 2 aliphatic rings. The Balaban J connectivity index is 1.27. The number of halogens is 6. The van der Waals surface area contributed by atoms with Gasteiger partial charge in [-0.25, -0.2) is 4.39 Å². The summed E-state index contributed by atoms with van der Waals surface area (Å²) in [5.74, 6) is -8.04. The fraction of sp³-hybridized carbons (Fsp3) is 0.452. The Hall–Kier alpha value is -4.16. The molecular weight excluding hydrogens is 1130 g/mol. The molecule has 0 bridgehead atoms. The molecule has 0 N–H and O–H groups in total. The normalized spacial score (nSPS) is 17.6. The molecule has 0 radical (unpaired) electrons. The lowest BCUT2D eigenvalue weighted by Gasteiger charge is -2.37. The minimum atomic E-state index is -4.63. The molecule has 0 amide bonds. The van der Waals surface area contributed by atoms with Crippen molar-refractivity contribution >= 4 is 56.4 Å². The quantitative estimate of drug-likeness (QED) is 0.0261. The first-order chi connectivity index (χ1) is 36.2. The van der Waals surface area contributed by atoms with Crippen LogP contribution in [-0.4, -0.2) is 82.1 Å². The molecule has 4 aromatic carbocycles. The Bertz CT molecular complexity index is 2840. The molecule has 0 saturated carbocycles. The standard InChI is InChI=1S/C62H70F5IO6S2/c1-9-30-70-35-36-72-37-38-74-48-28-16-42(17-29-48)52-40-50-54-53(60(63,64)62(67,68)61(54,65)66)49-39-51(41-14-26-47(27-15-41)73-32-13-11-10-12-31-71-34-33-69-8)75-55(49)59(56(50)76-52,45-22-18-43(19-23-45)57(2,3)4)46-24-20-44(21-25-46)58(5,6)7/h14-29,39-40H,9-13,30-38H2,1-8H3. The Morgan fingerprint density at radius 3 is 1.30 bits per heavy atom. The van der Waals surface area contributed by atoms with Gasteiger partial charge < -0.3 is 28.4 Å². The molecule has 0 fully saturated rings. The molecule has 0 saturated heterocycles. The predicted octanol–water partition coefficient (Wildman–Crippen LogP) is 17.2. The number of methoxy groups -OCH3 is 1. The number of fused-ring (bicyclic) bond motifs is 4. The summed E-state index contributed by atoms with van der Waals surface area (Å²) in [4.78, 5) is 1.90. The van der Waals surface area contributed by atoms with E-state index in [-0.39, 0.29) is 22.0 Å². The van der Waals surface area contributed by atoms with Crippen molar-refractivity contribution in [2.24, 2.45) is 0 Å². The highest BCUT2D eigenvalue weighted by Gasteiger charge is 2.79. The third-order valence-electron chi connectivity index (χ3n) is 14.1. The number of alkyl halides is 6. The average Bonchev–Trinajstić information content (AvgIpc) is 4.13. The molecule has 2 aliphatic carbocycles. The number of hydrogen-bond donors (Lipinski definition) is 0. The van der Waals surface area contributed by atoms with Gasteiger partial charge in [-0.1, -0.05) is 103 Å². The number of benzene rings is 4. The van der Waals surface area contributed by atoms with Crippen LogP contribution in [0, 0.1) is 0 Å². The zero-order valence-corrected chi connectivity index (χ0v) is 48.6. The van der Waals surface area contributed by atoms with Gasteiger partial charge in [0, 0.05) is 62.1 Å². The molecule has 1 unspecified atom stereocenters. The minimum Gasteiger partial charge on any atom is -0.494 e. The van der Waals surface area contributed by atoms with Gasteiger partial charge in [0.2, 0.25) is 0 Å². The fourth-order valence-corrected chi connectivity index (χ4v) is 13.3. The van der Waals surface area contributed by atoms with Crippen LogP contribution in [0.5, 0.6) is 11.5 Å². The zero-order valence-electron chi connectivity index (χ0n) is 44.8. The van der Waals surface area contributed by atoms with Crippen LogP contribution in [0.4, 0.5) is 22.0 Å². The highest BCUT2D eigenvalue weighted by Crippen LogP contribution is 2.71. The van der Waals surface area contributed by atoms with Gasteiger partial charge in [-0.2, -0.15) is 17.6 Å². The number of ether oxygens (including phenoxy) is 6. The molecule has 8 rings (SSSR count). The van der Waals surface area contributed by atoms with Crippen LogP contribution < -0.4 is 9.47 Å². The molecule has 76 heavy (non-hydrogen) atoms. The van der Waals surface area contributed by atoms with Crippen molar-refractivity contribution in [3.63, 3.8) is 0 Å². The Morgan fingerprint density at radius 1 is 0.474 bits per heavy atom. The van der Waals surface area contributed by atoms with Crippen molar-refractivity contribution < 1.29 is 50.4 Å². The van der Waals surface area contributed by atoms with Gasteiger partial charge in [0.05, 0.1) is 45.1 Å². The largest absolute Gasteiger partial charge is 0.494 e. The molecule has 2 aromatic heterocycles. The molecule has 14 heteroatoms. The summed E-state index contributed by atoms with van der Waals surface area (Å²) in [6, 6.07) is 34.0. The van der Waals surface area contributed by atoms with Crippen molar-refractivity contribution in [3.8, 4) is 32.4 Å². The van der Waals surface area contributed by atoms with E-state index in [1.165, 1.54) is 22.7 Å². The van der Waals surface area contributed by atoms with Crippen molar-refractivity contribution in [3.05, 3.63) is 152 Å². The van der Waals surface area contributed by atoms with Crippen molar-refractivity contribution in [1.29, 1.82) is 0 Å². The maximum Gasteiger partial charge on any atom is 0.323 e. The fourth-order valence-electron chi connectivity index (χ4n) is 9.87. The summed E-state index contributed by atoms with van der Waals surface area (Å²) < 4.78 is 117. The van der Waals surface area contributed by atoms with Gasteiger partial charge in [0.25, 0.3) is 3.68 Å². The third kappa shape index (κ3) is 11.7. The van der Waals surface area contributed by atoms with E-state index in [0.717, 1.165) is 43.2 Å². The maximum absolute atomic E-state index is 17.5. The number of unbranched alkanes of at least 4 members (excludes halogenated alkanes) is 3. The number of hydrogen-bond acceptors (Lipinski definition) is 8. The molecule has 0 spiro atoms. The first-order valence-electron chi connectivity index (χ1n) is 26.3. The van der Waals surface area contributed by atoms with Gasteiger partial charge in [-0.3, -0.25) is 0 Å². The average molecular weight is 1200 g/mol. The van der Waals surface area contributed by atoms with Crippen LogP contribution in [0.25, 0.3) is 32.0 Å². The van der Waals surface area contributed by atoms with E-state index in [9.17, 15) is 0 Å². The van der Waals surface area contributed by atoms with Crippen LogP contribution >= 0.6 is 45.3 Å². The Labute approximate surface area is 467 Å². The summed E-state index contributed by atoms with van der Waals surface area (Å²) >= 11 is 3.20. The summed E-state index contributed by atoms with van der Waals surface area (Å²) in [5, 5.41) is 0. The van der Waals surface area contributed by atoms with Crippen LogP contribution in [0.1, 0.15) is 124 Å². The summed E-state index contributed by atoms with van der Waals surface area (Å²) in [5.41, 5.74) is 0.648. The van der Waals surface area contributed by atoms with Crippen LogP contribution in [-0.2, 0) is 35.2 Å². The van der Waals surface area contributed by atoms with Crippen LogP contribution in [0.3, 0.4) is 0 Å². The Kier molecular flexibility index (Phi) is 18.4. The highest BCUT2D eigenvalue weighted by molar-refractivity contribution is 14.1. The number of thiophene rings is 2. The van der Waals surface area contributed by atoms with E-state index in [0.29, 0.717) is 135 Å². The topological polar surface area (TPSA) is 55.4 Å². The second kappa shape index (κ2) is 24.1. The zero-order chi connectivity index (χ0) is 54.5. The second-order valence-corrected chi connectivity index (χ2v) is 25.2. The molecular formula is C62H70F5IO6S2. The second-order valence-electron chi connectivity index (χ2n) is 21.6.